The van der Waals surface area contributed by atoms with Gasteiger partial charge >= 0.3 is 0 Å². The third-order valence-corrected chi connectivity index (χ3v) is 4.63. The molecule has 142 valence electrons. The van der Waals surface area contributed by atoms with Gasteiger partial charge in [0.25, 0.3) is 5.91 Å². The Morgan fingerprint density at radius 2 is 1.78 bits per heavy atom. The zero-order valence-corrected chi connectivity index (χ0v) is 15.9. The average Bonchev–Trinajstić information content (AvgIpc) is 2.68. The Morgan fingerprint density at radius 1 is 1.07 bits per heavy atom. The molecule has 0 saturated carbocycles. The molecule has 2 heterocycles. The van der Waals surface area contributed by atoms with Crippen LogP contribution < -0.4 is 10.1 Å². The molecule has 1 aromatic heterocycles. The molecule has 3 rings (SSSR count). The highest BCUT2D eigenvalue weighted by molar-refractivity contribution is 5.95. The second kappa shape index (κ2) is 8.07. The highest BCUT2D eigenvalue weighted by Crippen LogP contribution is 2.28. The van der Waals surface area contributed by atoms with E-state index in [9.17, 15) is 9.59 Å². The van der Waals surface area contributed by atoms with E-state index in [1.165, 1.54) is 0 Å². The van der Waals surface area contributed by atoms with Crippen molar-refractivity contribution in [2.75, 3.05) is 38.6 Å². The summed E-state index contributed by atoms with van der Waals surface area (Å²) in [5.74, 6) is 0.685. The molecule has 7 nitrogen and oxygen atoms in total. The maximum Gasteiger partial charge on any atom is 0.255 e. The van der Waals surface area contributed by atoms with Gasteiger partial charge in [0.2, 0.25) is 5.91 Å². The molecule has 1 aromatic carbocycles. The van der Waals surface area contributed by atoms with Gasteiger partial charge in [-0.1, -0.05) is 6.07 Å². The van der Waals surface area contributed by atoms with E-state index in [-0.39, 0.29) is 11.8 Å². The molecule has 0 spiro atoms. The van der Waals surface area contributed by atoms with Gasteiger partial charge in [0, 0.05) is 39.3 Å². The fourth-order valence-electron chi connectivity index (χ4n) is 3.11. The molecule has 0 aliphatic carbocycles. The molecule has 1 N–H and O–H groups in total. The smallest absolute Gasteiger partial charge is 0.255 e. The SMILES string of the molecule is COc1ccc(C)cc1Nc1cncc(C(=O)N2CCN(C(C)=O)CC2)c1. The van der Waals surface area contributed by atoms with E-state index in [1.54, 1.807) is 42.3 Å². The minimum atomic E-state index is -0.0782. The van der Waals surface area contributed by atoms with Crippen LogP contribution in [0.15, 0.2) is 36.7 Å². The number of benzene rings is 1. The van der Waals surface area contributed by atoms with Crippen LogP contribution in [0.4, 0.5) is 11.4 Å². The van der Waals surface area contributed by atoms with Crippen LogP contribution >= 0.6 is 0 Å². The number of methoxy groups -OCH3 is 1. The summed E-state index contributed by atoms with van der Waals surface area (Å²) in [5.41, 5.74) is 3.15. The van der Waals surface area contributed by atoms with E-state index < -0.39 is 0 Å². The number of ether oxygens (including phenoxy) is 1. The summed E-state index contributed by atoms with van der Waals surface area (Å²) in [6.07, 6.45) is 3.24. The first-order valence-electron chi connectivity index (χ1n) is 8.89. The lowest BCUT2D eigenvalue weighted by atomic mass is 10.2. The number of anilines is 2. The van der Waals surface area contributed by atoms with E-state index in [1.807, 2.05) is 25.1 Å². The van der Waals surface area contributed by atoms with Crippen molar-refractivity contribution in [2.45, 2.75) is 13.8 Å². The number of pyridine rings is 1. The summed E-state index contributed by atoms with van der Waals surface area (Å²) >= 11 is 0. The predicted molar refractivity (Wildman–Crippen MR) is 103 cm³/mol. The van der Waals surface area contributed by atoms with E-state index in [4.69, 9.17) is 4.74 Å². The van der Waals surface area contributed by atoms with E-state index >= 15 is 0 Å². The number of aromatic nitrogens is 1. The van der Waals surface area contributed by atoms with Crippen molar-refractivity contribution in [2.24, 2.45) is 0 Å². The zero-order chi connectivity index (χ0) is 19.4. The molecule has 1 saturated heterocycles. The second-order valence-corrected chi connectivity index (χ2v) is 6.59. The fraction of sp³-hybridized carbons (Fsp3) is 0.350. The van der Waals surface area contributed by atoms with Crippen LogP contribution in [0, 0.1) is 6.92 Å². The fourth-order valence-corrected chi connectivity index (χ4v) is 3.11. The Bertz CT molecular complexity index is 845. The third kappa shape index (κ3) is 4.36. The first-order chi connectivity index (χ1) is 13.0. The van der Waals surface area contributed by atoms with Crippen molar-refractivity contribution in [3.63, 3.8) is 0 Å². The Balaban J connectivity index is 1.73. The lowest BCUT2D eigenvalue weighted by Gasteiger charge is -2.34. The largest absolute Gasteiger partial charge is 0.495 e. The van der Waals surface area contributed by atoms with Crippen LogP contribution in [0.1, 0.15) is 22.8 Å². The highest BCUT2D eigenvalue weighted by Gasteiger charge is 2.23. The van der Waals surface area contributed by atoms with Crippen molar-refractivity contribution in [3.05, 3.63) is 47.8 Å². The van der Waals surface area contributed by atoms with Gasteiger partial charge in [0.15, 0.2) is 0 Å². The molecule has 7 heteroatoms. The maximum absolute atomic E-state index is 12.8. The van der Waals surface area contributed by atoms with Crippen molar-refractivity contribution >= 4 is 23.2 Å². The summed E-state index contributed by atoms with van der Waals surface area (Å²) in [5, 5.41) is 3.27. The van der Waals surface area contributed by atoms with Gasteiger partial charge in [-0.15, -0.1) is 0 Å². The van der Waals surface area contributed by atoms with Crippen molar-refractivity contribution in [1.29, 1.82) is 0 Å². The van der Waals surface area contributed by atoms with Gasteiger partial charge in [-0.25, -0.2) is 0 Å². The van der Waals surface area contributed by atoms with Gasteiger partial charge in [-0.3, -0.25) is 14.6 Å². The van der Waals surface area contributed by atoms with Crippen molar-refractivity contribution in [1.82, 2.24) is 14.8 Å². The molecule has 0 radical (unpaired) electrons. The number of nitrogens with zero attached hydrogens (tertiary/aromatic N) is 3. The van der Waals surface area contributed by atoms with Gasteiger partial charge in [-0.2, -0.15) is 0 Å². The number of nitrogens with one attached hydrogen (secondary N) is 1. The van der Waals surface area contributed by atoms with Crippen LogP contribution in [-0.2, 0) is 4.79 Å². The van der Waals surface area contributed by atoms with Gasteiger partial charge in [-0.05, 0) is 30.7 Å². The molecule has 1 aliphatic rings. The highest BCUT2D eigenvalue weighted by atomic mass is 16.5. The molecule has 0 unspecified atom stereocenters. The number of hydrogen-bond acceptors (Lipinski definition) is 5. The molecular weight excluding hydrogens is 344 g/mol. The van der Waals surface area contributed by atoms with E-state index in [0.29, 0.717) is 37.4 Å². The summed E-state index contributed by atoms with van der Waals surface area (Å²) in [6, 6.07) is 7.64. The zero-order valence-electron chi connectivity index (χ0n) is 15.9. The number of rotatable bonds is 4. The molecule has 1 fully saturated rings. The Morgan fingerprint density at radius 3 is 2.44 bits per heavy atom. The van der Waals surface area contributed by atoms with Gasteiger partial charge in [0.05, 0.1) is 30.2 Å². The van der Waals surface area contributed by atoms with Crippen molar-refractivity contribution in [3.8, 4) is 5.75 Å². The first-order valence-corrected chi connectivity index (χ1v) is 8.89. The maximum atomic E-state index is 12.8. The average molecular weight is 368 g/mol. The summed E-state index contributed by atoms with van der Waals surface area (Å²) < 4.78 is 5.38. The molecule has 0 bridgehead atoms. The normalized spacial score (nSPS) is 14.0. The van der Waals surface area contributed by atoms with Crippen LogP contribution in [-0.4, -0.2) is 59.9 Å². The summed E-state index contributed by atoms with van der Waals surface area (Å²) in [4.78, 5) is 31.9. The van der Waals surface area contributed by atoms with Crippen molar-refractivity contribution < 1.29 is 14.3 Å². The standard InChI is InChI=1S/C20H24N4O3/c1-14-4-5-19(27-3)18(10-14)22-17-11-16(12-21-13-17)20(26)24-8-6-23(7-9-24)15(2)25/h4-5,10-13,22H,6-9H2,1-3H3. The monoisotopic (exact) mass is 368 g/mol. The Hall–Kier alpha value is -3.09. The van der Waals surface area contributed by atoms with Crippen LogP contribution in [0.2, 0.25) is 0 Å². The molecular formula is C20H24N4O3. The molecule has 0 atom stereocenters. The van der Waals surface area contributed by atoms with E-state index in [0.717, 1.165) is 17.0 Å². The van der Waals surface area contributed by atoms with Gasteiger partial charge < -0.3 is 19.9 Å². The second-order valence-electron chi connectivity index (χ2n) is 6.59. The predicted octanol–water partition coefficient (Wildman–Crippen LogP) is 2.45. The number of carbonyl (C=O) groups is 2. The number of carbonyl (C=O) groups excluding carboxylic acids is 2. The topological polar surface area (TPSA) is 74.8 Å². The minimum absolute atomic E-state index is 0.0436. The lowest BCUT2D eigenvalue weighted by Crippen LogP contribution is -2.50. The van der Waals surface area contributed by atoms with E-state index in [2.05, 4.69) is 10.3 Å². The lowest BCUT2D eigenvalue weighted by molar-refractivity contribution is -0.130. The van der Waals surface area contributed by atoms with Gasteiger partial charge in [0.1, 0.15) is 5.75 Å². The van der Waals surface area contributed by atoms with Crippen LogP contribution in [0.5, 0.6) is 5.75 Å². The molecule has 2 aromatic rings. The quantitative estimate of drug-likeness (QED) is 0.897. The third-order valence-electron chi connectivity index (χ3n) is 4.63. The Labute approximate surface area is 158 Å². The number of amides is 2. The molecule has 2 amide bonds. The minimum Gasteiger partial charge on any atom is -0.495 e. The van der Waals surface area contributed by atoms with Crippen LogP contribution in [0.3, 0.4) is 0 Å². The number of hydrogen-bond donors (Lipinski definition) is 1. The number of aryl methyl sites for hydroxylation is 1. The Kier molecular flexibility index (Phi) is 5.59. The molecule has 27 heavy (non-hydrogen) atoms. The number of piperazine rings is 1. The summed E-state index contributed by atoms with van der Waals surface area (Å²) in [6.45, 7) is 5.74. The summed E-state index contributed by atoms with van der Waals surface area (Å²) in [7, 11) is 1.62. The van der Waals surface area contributed by atoms with Crippen LogP contribution in [0.25, 0.3) is 0 Å². The first kappa shape index (κ1) is 18.7. The molecule has 1 aliphatic heterocycles.